The van der Waals surface area contributed by atoms with Crippen molar-refractivity contribution in [2.45, 2.75) is 0 Å². The smallest absolute Gasteiger partial charge is 0.237 e. The highest BCUT2D eigenvalue weighted by Crippen LogP contribution is 2.42. The van der Waals surface area contributed by atoms with Gasteiger partial charge in [-0.2, -0.15) is 0 Å². The van der Waals surface area contributed by atoms with Crippen LogP contribution in [0.4, 0.5) is 0 Å². The van der Waals surface area contributed by atoms with Crippen molar-refractivity contribution < 1.29 is 0 Å². The second-order valence-corrected chi connectivity index (χ2v) is 11.1. The highest BCUT2D eigenvalue weighted by Gasteiger charge is 2.22. The van der Waals surface area contributed by atoms with Gasteiger partial charge in [-0.15, -0.1) is 0 Å². The quantitative estimate of drug-likeness (QED) is 0.213. The first-order valence-electron chi connectivity index (χ1n) is 14.8. The van der Waals surface area contributed by atoms with E-state index in [0.717, 1.165) is 60.3 Å². The SMILES string of the molecule is c1cnc(-n2c3ccccc3c3ccc4c5ccccc5n(-c5ccc6c(c5)c5ccccc5n6-c5ncncn5)c4c32)nc1. The molecule has 5 aromatic heterocycles. The standard InChI is InChI=1S/C37H22N8/c1-4-11-30-24(8-1)27-15-16-28-25-9-2-6-13-32(25)45(36-39-18-7-19-40-36)35(28)34(27)43(30)23-14-17-33-29(20-23)26-10-3-5-12-31(26)44(33)37-41-21-38-22-42-37/h1-22H. The zero-order chi connectivity index (χ0) is 29.5. The van der Waals surface area contributed by atoms with E-state index in [1.807, 2.05) is 12.1 Å². The van der Waals surface area contributed by atoms with Gasteiger partial charge in [0.2, 0.25) is 11.9 Å². The number of para-hydroxylation sites is 3. The van der Waals surface area contributed by atoms with Crippen molar-refractivity contribution >= 4 is 65.4 Å². The lowest BCUT2D eigenvalue weighted by atomic mass is 10.1. The van der Waals surface area contributed by atoms with Gasteiger partial charge in [0.15, 0.2) is 0 Å². The van der Waals surface area contributed by atoms with E-state index >= 15 is 0 Å². The van der Waals surface area contributed by atoms with Crippen LogP contribution in [0.25, 0.3) is 83.0 Å². The van der Waals surface area contributed by atoms with Crippen LogP contribution in [-0.4, -0.2) is 38.6 Å². The molecule has 0 unspecified atom stereocenters. The highest BCUT2D eigenvalue weighted by atomic mass is 15.2. The third kappa shape index (κ3) is 3.27. The number of nitrogens with zero attached hydrogens (tertiary/aromatic N) is 8. The van der Waals surface area contributed by atoms with Gasteiger partial charge in [-0.1, -0.05) is 66.7 Å². The van der Waals surface area contributed by atoms with E-state index in [1.54, 1.807) is 12.4 Å². The Morgan fingerprint density at radius 2 is 0.889 bits per heavy atom. The molecule has 0 aliphatic heterocycles. The molecule has 5 heterocycles. The summed E-state index contributed by atoms with van der Waals surface area (Å²) in [6.45, 7) is 0. The van der Waals surface area contributed by atoms with Gasteiger partial charge in [0.1, 0.15) is 12.7 Å². The van der Waals surface area contributed by atoms with E-state index in [2.05, 4.69) is 126 Å². The molecule has 10 aromatic rings. The fraction of sp³-hybridized carbons (Fsp3) is 0. The lowest BCUT2D eigenvalue weighted by Gasteiger charge is -2.12. The van der Waals surface area contributed by atoms with E-state index in [9.17, 15) is 0 Å². The highest BCUT2D eigenvalue weighted by molar-refractivity contribution is 6.24. The molecular formula is C37H22N8. The van der Waals surface area contributed by atoms with Crippen LogP contribution in [0.15, 0.2) is 134 Å². The molecule has 0 atom stereocenters. The van der Waals surface area contributed by atoms with E-state index in [1.165, 1.54) is 23.4 Å². The first kappa shape index (κ1) is 24.1. The third-order valence-electron chi connectivity index (χ3n) is 8.81. The molecule has 0 saturated heterocycles. The molecule has 0 aliphatic carbocycles. The van der Waals surface area contributed by atoms with E-state index in [-0.39, 0.29) is 0 Å². The molecule has 5 aromatic carbocycles. The largest absolute Gasteiger partial charge is 0.307 e. The van der Waals surface area contributed by atoms with Gasteiger partial charge in [-0.05, 0) is 42.5 Å². The first-order valence-corrected chi connectivity index (χ1v) is 14.8. The van der Waals surface area contributed by atoms with Crippen molar-refractivity contribution in [2.75, 3.05) is 0 Å². The maximum Gasteiger partial charge on any atom is 0.237 e. The predicted molar refractivity (Wildman–Crippen MR) is 178 cm³/mol. The molecule has 0 spiro atoms. The minimum Gasteiger partial charge on any atom is -0.307 e. The molecule has 0 saturated carbocycles. The van der Waals surface area contributed by atoms with Crippen LogP contribution < -0.4 is 0 Å². The van der Waals surface area contributed by atoms with Gasteiger partial charge in [-0.25, -0.2) is 24.9 Å². The number of rotatable bonds is 3. The number of hydrogen-bond acceptors (Lipinski definition) is 5. The van der Waals surface area contributed by atoms with E-state index in [4.69, 9.17) is 9.97 Å². The maximum absolute atomic E-state index is 4.71. The lowest BCUT2D eigenvalue weighted by molar-refractivity contribution is 0.939. The van der Waals surface area contributed by atoms with Crippen molar-refractivity contribution in [2.24, 2.45) is 0 Å². The van der Waals surface area contributed by atoms with E-state index < -0.39 is 0 Å². The van der Waals surface area contributed by atoms with Gasteiger partial charge in [0, 0.05) is 50.4 Å². The second kappa shape index (κ2) is 9.05. The number of benzene rings is 5. The molecule has 8 heteroatoms. The summed E-state index contributed by atoms with van der Waals surface area (Å²) in [5.41, 5.74) is 7.52. The molecule has 0 bridgehead atoms. The average molecular weight is 579 g/mol. The van der Waals surface area contributed by atoms with Gasteiger partial charge in [0.25, 0.3) is 0 Å². The number of fused-ring (bicyclic) bond motifs is 10. The van der Waals surface area contributed by atoms with Crippen LogP contribution in [0.5, 0.6) is 0 Å². The summed E-state index contributed by atoms with van der Waals surface area (Å²) in [7, 11) is 0. The molecule has 45 heavy (non-hydrogen) atoms. The average Bonchev–Trinajstić information content (AvgIpc) is 3.74. The Labute approximate surface area is 255 Å². The molecule has 0 N–H and O–H groups in total. The van der Waals surface area contributed by atoms with Crippen LogP contribution in [-0.2, 0) is 0 Å². The fourth-order valence-electron chi connectivity index (χ4n) is 7.05. The Bertz CT molecular complexity index is 2760. The second-order valence-electron chi connectivity index (χ2n) is 11.1. The summed E-state index contributed by atoms with van der Waals surface area (Å²) in [6.07, 6.45) is 6.68. The van der Waals surface area contributed by atoms with Crippen molar-refractivity contribution in [3.63, 3.8) is 0 Å². The van der Waals surface area contributed by atoms with Gasteiger partial charge < -0.3 is 4.57 Å². The van der Waals surface area contributed by atoms with Crippen molar-refractivity contribution in [3.8, 4) is 17.6 Å². The van der Waals surface area contributed by atoms with Crippen LogP contribution in [0.2, 0.25) is 0 Å². The van der Waals surface area contributed by atoms with Crippen molar-refractivity contribution in [1.82, 2.24) is 38.6 Å². The van der Waals surface area contributed by atoms with Crippen LogP contribution >= 0.6 is 0 Å². The Kier molecular flexibility index (Phi) is 4.84. The molecule has 0 aliphatic rings. The van der Waals surface area contributed by atoms with Gasteiger partial charge in [-0.3, -0.25) is 9.13 Å². The van der Waals surface area contributed by atoms with Crippen molar-refractivity contribution in [3.05, 3.63) is 134 Å². The van der Waals surface area contributed by atoms with Crippen LogP contribution in [0.3, 0.4) is 0 Å². The zero-order valence-electron chi connectivity index (χ0n) is 23.8. The van der Waals surface area contributed by atoms with Crippen LogP contribution in [0, 0.1) is 0 Å². The summed E-state index contributed by atoms with van der Waals surface area (Å²) >= 11 is 0. The number of aromatic nitrogens is 8. The normalized spacial score (nSPS) is 12.0. The van der Waals surface area contributed by atoms with E-state index in [0.29, 0.717) is 11.9 Å². The molecule has 0 amide bonds. The predicted octanol–water partition coefficient (Wildman–Crippen LogP) is 7.95. The molecule has 0 fully saturated rings. The monoisotopic (exact) mass is 578 g/mol. The topological polar surface area (TPSA) is 79.2 Å². The Hall–Kier alpha value is -6.41. The molecule has 210 valence electrons. The summed E-state index contributed by atoms with van der Waals surface area (Å²) in [6, 6.07) is 38.5. The molecular weight excluding hydrogens is 556 g/mol. The Morgan fingerprint density at radius 1 is 0.378 bits per heavy atom. The summed E-state index contributed by atoms with van der Waals surface area (Å²) in [5.74, 6) is 1.23. The van der Waals surface area contributed by atoms with Crippen molar-refractivity contribution in [1.29, 1.82) is 0 Å². The fourth-order valence-corrected chi connectivity index (χ4v) is 7.05. The Morgan fingerprint density at radius 3 is 1.56 bits per heavy atom. The van der Waals surface area contributed by atoms with Crippen LogP contribution in [0.1, 0.15) is 0 Å². The third-order valence-corrected chi connectivity index (χ3v) is 8.81. The maximum atomic E-state index is 4.71. The summed E-state index contributed by atoms with van der Waals surface area (Å²) in [4.78, 5) is 22.5. The first-order chi connectivity index (χ1) is 22.4. The van der Waals surface area contributed by atoms with Gasteiger partial charge >= 0.3 is 0 Å². The minimum atomic E-state index is 0.593. The van der Waals surface area contributed by atoms with Gasteiger partial charge in [0.05, 0.1) is 33.1 Å². The zero-order valence-corrected chi connectivity index (χ0v) is 23.8. The summed E-state index contributed by atoms with van der Waals surface area (Å²) < 4.78 is 6.69. The summed E-state index contributed by atoms with van der Waals surface area (Å²) in [5, 5.41) is 6.93. The lowest BCUT2D eigenvalue weighted by Crippen LogP contribution is -2.02. The molecule has 8 nitrogen and oxygen atoms in total. The molecule has 0 radical (unpaired) electrons. The molecule has 10 rings (SSSR count). The Balaban J connectivity index is 1.38. The number of hydrogen-bond donors (Lipinski definition) is 0. The minimum absolute atomic E-state index is 0.593.